The highest BCUT2D eigenvalue weighted by molar-refractivity contribution is 6.22. The molecule has 5 bridgehead atoms. The van der Waals surface area contributed by atoms with Crippen LogP contribution in [0.1, 0.15) is 83.8 Å². The second-order valence-corrected chi connectivity index (χ2v) is 15.1. The molecular weight excluding hydrogens is 724 g/mol. The van der Waals surface area contributed by atoms with Gasteiger partial charge in [-0.2, -0.15) is 0 Å². The number of aromatic hydroxyl groups is 3. The normalized spacial score (nSPS) is 29.0. The summed E-state index contributed by atoms with van der Waals surface area (Å²) in [6, 6.07) is 0. The van der Waals surface area contributed by atoms with Gasteiger partial charge in [-0.25, -0.2) is 0 Å². The number of allylic oxidation sites excluding steroid dienone is 2. The van der Waals surface area contributed by atoms with E-state index in [9.17, 15) is 39.9 Å². The predicted octanol–water partition coefficient (Wildman–Crippen LogP) is 5.60. The zero-order valence-corrected chi connectivity index (χ0v) is 34.2. The van der Waals surface area contributed by atoms with Crippen molar-refractivity contribution in [2.24, 2.45) is 23.7 Å². The Labute approximate surface area is 328 Å². The van der Waals surface area contributed by atoms with Crippen LogP contribution in [-0.4, -0.2) is 98.5 Å². The summed E-state index contributed by atoms with van der Waals surface area (Å²) < 4.78 is 23.6. The first-order chi connectivity index (χ1) is 26.3. The van der Waals surface area contributed by atoms with Crippen molar-refractivity contribution in [1.82, 2.24) is 4.90 Å². The Morgan fingerprint density at radius 2 is 1.57 bits per heavy atom. The third-order valence-electron chi connectivity index (χ3n) is 11.4. The lowest BCUT2D eigenvalue weighted by Gasteiger charge is -2.38. The minimum Gasteiger partial charge on any atom is -0.507 e. The number of hydrogen-bond acceptors (Lipinski definition) is 13. The second-order valence-electron chi connectivity index (χ2n) is 15.1. The van der Waals surface area contributed by atoms with E-state index in [1.165, 1.54) is 46.3 Å². The molecule has 6 N–H and O–H groups in total. The van der Waals surface area contributed by atoms with Crippen LogP contribution in [0.4, 0.5) is 5.69 Å². The topological polar surface area (TPSA) is 205 Å². The molecule has 56 heavy (non-hydrogen) atoms. The number of hydrogen-bond donors (Lipinski definition) is 6. The number of aliphatic hydroxyl groups is 2. The number of nitrogens with one attached hydrogen (secondary N) is 1. The molecule has 308 valence electrons. The first-order valence-electron chi connectivity index (χ1n) is 19.0. The van der Waals surface area contributed by atoms with Gasteiger partial charge in [0.1, 0.15) is 23.4 Å². The summed E-state index contributed by atoms with van der Waals surface area (Å²) in [5.41, 5.74) is 0.117. The Bertz CT molecular complexity index is 1920. The minimum atomic E-state index is -2.01. The van der Waals surface area contributed by atoms with Gasteiger partial charge in [0.2, 0.25) is 0 Å². The van der Waals surface area contributed by atoms with E-state index in [-0.39, 0.29) is 51.0 Å². The number of ether oxygens (including phenoxy) is 4. The third-order valence-corrected chi connectivity index (χ3v) is 11.4. The molecule has 14 nitrogen and oxygen atoms in total. The quantitative estimate of drug-likeness (QED) is 0.120. The van der Waals surface area contributed by atoms with E-state index in [4.69, 9.17) is 18.9 Å². The molecule has 0 radical (unpaired) electrons. The number of aliphatic hydroxyl groups excluding tert-OH is 2. The largest absolute Gasteiger partial charge is 0.507 e. The molecule has 0 aliphatic carbocycles. The molecule has 0 saturated heterocycles. The van der Waals surface area contributed by atoms with Crippen molar-refractivity contribution in [3.05, 3.63) is 52.8 Å². The number of fused-ring (bicyclic) bond motifs is 14. The second kappa shape index (κ2) is 17.7. The SMILES string of the molecule is CCN(CC)Cc1c2c(O)c3c(O)c(C)c4c(c3c1O)C(=O)[C@@](C)(OC=C[C@H](OC)[C@H](C)[C@H](OC(C)=O)[C@H](C)[C@H](O)[C@H](C)[C@H](O)[C@@H](C)C=CC=C(C)C(=O)N2)O4. The Balaban J connectivity index is 1.98. The van der Waals surface area contributed by atoms with Crippen LogP contribution in [0.25, 0.3) is 10.8 Å². The number of amides is 1. The van der Waals surface area contributed by atoms with Crippen LogP contribution in [0.15, 0.2) is 36.1 Å². The van der Waals surface area contributed by atoms with Crippen molar-refractivity contribution in [3.63, 3.8) is 0 Å². The van der Waals surface area contributed by atoms with Gasteiger partial charge in [0.05, 0.1) is 41.2 Å². The molecule has 9 atom stereocenters. The summed E-state index contributed by atoms with van der Waals surface area (Å²) in [5, 5.41) is 60.5. The zero-order chi connectivity index (χ0) is 42.0. The highest BCUT2D eigenvalue weighted by atomic mass is 16.7. The van der Waals surface area contributed by atoms with E-state index in [1.807, 2.05) is 18.7 Å². The van der Waals surface area contributed by atoms with Gasteiger partial charge in [0, 0.05) is 73.3 Å². The predicted molar refractivity (Wildman–Crippen MR) is 210 cm³/mol. The van der Waals surface area contributed by atoms with Crippen LogP contribution < -0.4 is 10.1 Å². The molecule has 1 amide bonds. The lowest BCUT2D eigenvalue weighted by Crippen LogP contribution is -2.46. The molecule has 3 heterocycles. The number of benzene rings is 2. The van der Waals surface area contributed by atoms with E-state index < -0.39 is 88.8 Å². The lowest BCUT2D eigenvalue weighted by atomic mass is 9.78. The average molecular weight is 783 g/mol. The number of methoxy groups -OCH3 is 1. The van der Waals surface area contributed by atoms with Crippen LogP contribution in [0, 0.1) is 30.6 Å². The van der Waals surface area contributed by atoms with Crippen molar-refractivity contribution < 1.29 is 58.9 Å². The first-order valence-corrected chi connectivity index (χ1v) is 19.0. The maximum atomic E-state index is 14.4. The number of ketones is 1. The zero-order valence-electron chi connectivity index (χ0n) is 34.2. The fourth-order valence-corrected chi connectivity index (χ4v) is 7.61. The molecule has 3 aliphatic rings. The van der Waals surface area contributed by atoms with Gasteiger partial charge < -0.3 is 49.8 Å². The molecule has 0 saturated carbocycles. The highest BCUT2D eigenvalue weighted by Crippen LogP contribution is 2.55. The molecule has 14 heteroatoms. The standard InChI is InChI=1S/C42H58N2O12/c1-12-44(13-2)19-27-32-37(50)30-29(36(27)49)31-39(25(8)35(30)48)56-42(10,40(31)51)54-18-17-28(53-11)22(5)38(55-26(9)45)24(7)34(47)23(6)33(46)20(3)15-14-16-21(4)41(52)43-32/h14-18,20,22-24,28,33-34,38,46-50H,12-13,19H2,1-11H3,(H,43,52)/t20-,22-,23+,24+,28-,33+,34+,38-,42-/m0/s1. The van der Waals surface area contributed by atoms with Gasteiger partial charge in [-0.1, -0.05) is 59.8 Å². The lowest BCUT2D eigenvalue weighted by molar-refractivity contribution is -0.160. The van der Waals surface area contributed by atoms with Gasteiger partial charge in [0.15, 0.2) is 5.75 Å². The summed E-state index contributed by atoms with van der Waals surface area (Å²) in [6.07, 6.45) is 3.69. The number of rotatable bonds is 6. The third kappa shape index (κ3) is 8.38. The fraction of sp³-hybridized carbons (Fsp3) is 0.548. The number of anilines is 1. The van der Waals surface area contributed by atoms with Gasteiger partial charge in [-0.3, -0.25) is 19.3 Å². The molecular formula is C42H58N2O12. The number of carbonyl (C=O) groups excluding carboxylic acids is 3. The highest BCUT2D eigenvalue weighted by Gasteiger charge is 2.50. The number of esters is 1. The van der Waals surface area contributed by atoms with E-state index in [1.54, 1.807) is 46.8 Å². The number of carbonyl (C=O) groups is 3. The van der Waals surface area contributed by atoms with E-state index in [0.717, 1.165) is 0 Å². The van der Waals surface area contributed by atoms with Gasteiger partial charge >= 0.3 is 11.8 Å². The minimum absolute atomic E-state index is 0.0541. The van der Waals surface area contributed by atoms with E-state index in [0.29, 0.717) is 13.1 Å². The molecule has 0 unspecified atom stereocenters. The van der Waals surface area contributed by atoms with Crippen molar-refractivity contribution in [2.45, 2.75) is 106 Å². The molecule has 0 spiro atoms. The van der Waals surface area contributed by atoms with Gasteiger partial charge in [0.25, 0.3) is 11.7 Å². The van der Waals surface area contributed by atoms with Crippen LogP contribution in [-0.2, 0) is 30.3 Å². The van der Waals surface area contributed by atoms with Gasteiger partial charge in [-0.15, -0.1) is 0 Å². The van der Waals surface area contributed by atoms with E-state index in [2.05, 4.69) is 5.32 Å². The molecule has 0 aromatic heterocycles. The van der Waals surface area contributed by atoms with Crippen molar-refractivity contribution in [2.75, 3.05) is 25.5 Å². The summed E-state index contributed by atoms with van der Waals surface area (Å²) in [7, 11) is 1.44. The van der Waals surface area contributed by atoms with Crippen LogP contribution >= 0.6 is 0 Å². The van der Waals surface area contributed by atoms with Crippen LogP contribution in [0.2, 0.25) is 0 Å². The number of phenols is 3. The molecule has 2 aromatic carbocycles. The number of Topliss-reactive ketones (excluding diaryl/α,β-unsaturated/α-hetero) is 1. The maximum Gasteiger partial charge on any atom is 0.312 e. The number of nitrogens with zero attached hydrogens (tertiary/aromatic N) is 1. The van der Waals surface area contributed by atoms with Crippen molar-refractivity contribution in [1.29, 1.82) is 0 Å². The van der Waals surface area contributed by atoms with Gasteiger partial charge in [-0.05, 0) is 33.0 Å². The Hall–Kier alpha value is -4.63. The first kappa shape index (κ1) is 44.1. The Morgan fingerprint density at radius 1 is 0.929 bits per heavy atom. The summed E-state index contributed by atoms with van der Waals surface area (Å²) in [4.78, 5) is 42.3. The molecule has 5 rings (SSSR count). The Kier molecular flexibility index (Phi) is 13.9. The van der Waals surface area contributed by atoms with E-state index >= 15 is 0 Å². The average Bonchev–Trinajstić information content (AvgIpc) is 3.43. The molecule has 3 aliphatic heterocycles. The molecule has 0 fully saturated rings. The maximum absolute atomic E-state index is 14.4. The number of phenolic OH excluding ortho intramolecular Hbond substituents is 3. The summed E-state index contributed by atoms with van der Waals surface area (Å²) in [6.45, 7) is 17.6. The van der Waals surface area contributed by atoms with Crippen molar-refractivity contribution >= 4 is 34.1 Å². The summed E-state index contributed by atoms with van der Waals surface area (Å²) in [5.74, 6) is -7.91. The monoisotopic (exact) mass is 782 g/mol. The fourth-order valence-electron chi connectivity index (χ4n) is 7.61. The van der Waals surface area contributed by atoms with Crippen molar-refractivity contribution in [3.8, 4) is 23.0 Å². The Morgan fingerprint density at radius 3 is 2.16 bits per heavy atom. The van der Waals surface area contributed by atoms with Crippen LogP contribution in [0.3, 0.4) is 0 Å². The smallest absolute Gasteiger partial charge is 0.312 e. The summed E-state index contributed by atoms with van der Waals surface area (Å²) >= 11 is 0. The van der Waals surface area contributed by atoms with Crippen LogP contribution in [0.5, 0.6) is 23.0 Å². The molecule has 2 aromatic rings.